The number of nitrogens with one attached hydrogen (secondary N) is 1. The molecule has 0 spiro atoms. The van der Waals surface area contributed by atoms with Gasteiger partial charge < -0.3 is 10.1 Å². The highest BCUT2D eigenvalue weighted by atomic mass is 35.5. The molecule has 138 valence electrons. The van der Waals surface area contributed by atoms with Crippen LogP contribution >= 0.6 is 23.4 Å². The Morgan fingerprint density at radius 1 is 1.30 bits per heavy atom. The van der Waals surface area contributed by atoms with Crippen molar-refractivity contribution < 1.29 is 9.53 Å². The number of carbonyl (C=O) groups is 1. The summed E-state index contributed by atoms with van der Waals surface area (Å²) in [5.74, 6) is -0.289. The van der Waals surface area contributed by atoms with Gasteiger partial charge in [0.05, 0.1) is 18.8 Å². The fourth-order valence-corrected chi connectivity index (χ4v) is 3.54. The van der Waals surface area contributed by atoms with Gasteiger partial charge in [0.15, 0.2) is 5.69 Å². The molecule has 1 aliphatic rings. The minimum absolute atomic E-state index is 0.148. The number of hydrogen-bond acceptors (Lipinski definition) is 5. The predicted molar refractivity (Wildman–Crippen MR) is 105 cm³/mol. The van der Waals surface area contributed by atoms with Gasteiger partial charge in [-0.1, -0.05) is 35.0 Å². The molecule has 1 aromatic heterocycles. The Labute approximate surface area is 165 Å². The highest BCUT2D eigenvalue weighted by Gasteiger charge is 2.27. The molecule has 1 atom stereocenters. The van der Waals surface area contributed by atoms with Crippen molar-refractivity contribution in [3.05, 3.63) is 70.5 Å². The second kappa shape index (κ2) is 7.72. The van der Waals surface area contributed by atoms with Crippen LogP contribution in [0, 0.1) is 0 Å². The molecule has 0 radical (unpaired) electrons. The first kappa shape index (κ1) is 18.0. The van der Waals surface area contributed by atoms with Crippen molar-refractivity contribution in [3.63, 3.8) is 0 Å². The van der Waals surface area contributed by atoms with Crippen LogP contribution in [0.25, 0.3) is 0 Å². The first-order valence-electron chi connectivity index (χ1n) is 8.39. The number of halogens is 1. The van der Waals surface area contributed by atoms with E-state index in [1.807, 2.05) is 54.8 Å². The molecule has 27 heavy (non-hydrogen) atoms. The van der Waals surface area contributed by atoms with Gasteiger partial charge in [0.1, 0.15) is 6.10 Å². The predicted octanol–water partition coefficient (Wildman–Crippen LogP) is 4.18. The van der Waals surface area contributed by atoms with Crippen LogP contribution in [-0.4, -0.2) is 27.2 Å². The van der Waals surface area contributed by atoms with Gasteiger partial charge in [-0.15, -0.1) is 16.9 Å². The SMILES string of the molecule is CSc1cccc(NC(=O)c2nnn3c2CO[C@H](c2ccc(Cl)cc2)C3)c1. The van der Waals surface area contributed by atoms with Crippen LogP contribution < -0.4 is 5.32 Å². The summed E-state index contributed by atoms with van der Waals surface area (Å²) >= 11 is 7.56. The Hall–Kier alpha value is -2.35. The summed E-state index contributed by atoms with van der Waals surface area (Å²) in [4.78, 5) is 13.7. The molecule has 3 aromatic rings. The molecule has 1 amide bonds. The number of amides is 1. The van der Waals surface area contributed by atoms with E-state index in [4.69, 9.17) is 16.3 Å². The van der Waals surface area contributed by atoms with E-state index in [0.717, 1.165) is 16.1 Å². The number of thioether (sulfide) groups is 1. The fourth-order valence-electron chi connectivity index (χ4n) is 2.96. The molecule has 0 aliphatic carbocycles. The zero-order valence-electron chi connectivity index (χ0n) is 14.6. The lowest BCUT2D eigenvalue weighted by Gasteiger charge is -2.24. The number of rotatable bonds is 4. The average molecular weight is 401 g/mol. The van der Waals surface area contributed by atoms with Crippen molar-refractivity contribution in [2.24, 2.45) is 0 Å². The molecule has 8 heteroatoms. The van der Waals surface area contributed by atoms with E-state index in [0.29, 0.717) is 23.0 Å². The zero-order valence-corrected chi connectivity index (χ0v) is 16.1. The minimum Gasteiger partial charge on any atom is -0.365 e. The van der Waals surface area contributed by atoms with Crippen molar-refractivity contribution >= 4 is 35.0 Å². The Morgan fingerprint density at radius 3 is 2.89 bits per heavy atom. The maximum absolute atomic E-state index is 12.6. The maximum atomic E-state index is 12.6. The summed E-state index contributed by atoms with van der Waals surface area (Å²) in [7, 11) is 0. The standard InChI is InChI=1S/C19H17ClN4O2S/c1-27-15-4-2-3-14(9-15)21-19(25)18-16-11-26-17(10-24(16)23-22-18)12-5-7-13(20)8-6-12/h2-9,17H,10-11H2,1H3,(H,21,25)/t17-/m0/s1. The van der Waals surface area contributed by atoms with E-state index in [1.54, 1.807) is 16.4 Å². The van der Waals surface area contributed by atoms with E-state index < -0.39 is 0 Å². The van der Waals surface area contributed by atoms with Crippen LogP contribution in [0.2, 0.25) is 5.02 Å². The van der Waals surface area contributed by atoms with Gasteiger partial charge >= 0.3 is 0 Å². The van der Waals surface area contributed by atoms with Crippen molar-refractivity contribution in [1.29, 1.82) is 0 Å². The summed E-state index contributed by atoms with van der Waals surface area (Å²) in [6, 6.07) is 15.2. The lowest BCUT2D eigenvalue weighted by Crippen LogP contribution is -2.24. The van der Waals surface area contributed by atoms with Crippen LogP contribution in [0.4, 0.5) is 5.69 Å². The summed E-state index contributed by atoms with van der Waals surface area (Å²) in [6.45, 7) is 0.771. The van der Waals surface area contributed by atoms with Crippen molar-refractivity contribution in [3.8, 4) is 0 Å². The Morgan fingerprint density at radius 2 is 2.11 bits per heavy atom. The van der Waals surface area contributed by atoms with E-state index in [-0.39, 0.29) is 18.6 Å². The van der Waals surface area contributed by atoms with Gasteiger partial charge in [0.2, 0.25) is 0 Å². The summed E-state index contributed by atoms with van der Waals surface area (Å²) in [6.07, 6.45) is 1.84. The van der Waals surface area contributed by atoms with Crippen LogP contribution in [0.1, 0.15) is 27.8 Å². The van der Waals surface area contributed by atoms with E-state index in [2.05, 4.69) is 15.6 Å². The quantitative estimate of drug-likeness (QED) is 0.665. The molecule has 6 nitrogen and oxygen atoms in total. The molecule has 1 aliphatic heterocycles. The minimum atomic E-state index is -0.289. The van der Waals surface area contributed by atoms with E-state index in [1.165, 1.54) is 0 Å². The van der Waals surface area contributed by atoms with E-state index >= 15 is 0 Å². The lowest BCUT2D eigenvalue weighted by atomic mass is 10.1. The Balaban J connectivity index is 1.50. The van der Waals surface area contributed by atoms with Gasteiger partial charge in [0, 0.05) is 15.6 Å². The molecule has 0 fully saturated rings. The molecule has 0 unspecified atom stereocenters. The average Bonchev–Trinajstić information content (AvgIpc) is 3.12. The lowest BCUT2D eigenvalue weighted by molar-refractivity contribution is -0.00171. The monoisotopic (exact) mass is 400 g/mol. The number of benzene rings is 2. The number of anilines is 1. The summed E-state index contributed by atoms with van der Waals surface area (Å²) < 4.78 is 7.67. The molecular weight excluding hydrogens is 384 g/mol. The molecular formula is C19H17ClN4O2S. The maximum Gasteiger partial charge on any atom is 0.278 e. The Bertz CT molecular complexity index is 974. The Kier molecular flexibility index (Phi) is 5.15. The molecule has 0 saturated heterocycles. The van der Waals surface area contributed by atoms with Crippen LogP contribution in [-0.2, 0) is 17.9 Å². The summed E-state index contributed by atoms with van der Waals surface area (Å²) in [5.41, 5.74) is 2.71. The van der Waals surface area contributed by atoms with Crippen LogP contribution in [0.15, 0.2) is 53.4 Å². The number of fused-ring (bicyclic) bond motifs is 1. The number of nitrogens with zero attached hydrogens (tertiary/aromatic N) is 3. The normalized spacial score (nSPS) is 16.0. The second-order valence-electron chi connectivity index (χ2n) is 6.10. The molecule has 2 heterocycles. The third-order valence-electron chi connectivity index (χ3n) is 4.38. The molecule has 1 N–H and O–H groups in total. The van der Waals surface area contributed by atoms with Crippen LogP contribution in [0.3, 0.4) is 0 Å². The third kappa shape index (κ3) is 3.85. The molecule has 0 bridgehead atoms. The number of ether oxygens (including phenoxy) is 1. The smallest absolute Gasteiger partial charge is 0.278 e. The highest BCUT2D eigenvalue weighted by Crippen LogP contribution is 2.28. The number of hydrogen-bond donors (Lipinski definition) is 1. The summed E-state index contributed by atoms with van der Waals surface area (Å²) in [5, 5.41) is 11.8. The molecule has 2 aromatic carbocycles. The van der Waals surface area contributed by atoms with Gasteiger partial charge in [-0.05, 0) is 42.2 Å². The first-order valence-corrected chi connectivity index (χ1v) is 9.99. The molecule has 4 rings (SSSR count). The highest BCUT2D eigenvalue weighted by molar-refractivity contribution is 7.98. The van der Waals surface area contributed by atoms with Gasteiger partial charge in [-0.2, -0.15) is 0 Å². The van der Waals surface area contributed by atoms with Crippen molar-refractivity contribution in [1.82, 2.24) is 15.0 Å². The zero-order chi connectivity index (χ0) is 18.8. The largest absolute Gasteiger partial charge is 0.365 e. The van der Waals surface area contributed by atoms with Gasteiger partial charge in [-0.25, -0.2) is 4.68 Å². The molecule has 0 saturated carbocycles. The topological polar surface area (TPSA) is 69.0 Å². The number of carbonyl (C=O) groups excluding carboxylic acids is 1. The second-order valence-corrected chi connectivity index (χ2v) is 7.42. The van der Waals surface area contributed by atoms with Gasteiger partial charge in [0.25, 0.3) is 5.91 Å². The third-order valence-corrected chi connectivity index (χ3v) is 5.36. The number of aromatic nitrogens is 3. The van der Waals surface area contributed by atoms with Gasteiger partial charge in [-0.3, -0.25) is 4.79 Å². The van der Waals surface area contributed by atoms with Crippen molar-refractivity contribution in [2.45, 2.75) is 24.2 Å². The first-order chi connectivity index (χ1) is 13.1. The van der Waals surface area contributed by atoms with Crippen molar-refractivity contribution in [2.75, 3.05) is 11.6 Å². The van der Waals surface area contributed by atoms with E-state index in [9.17, 15) is 4.79 Å². The fraction of sp³-hybridized carbons (Fsp3) is 0.211. The van der Waals surface area contributed by atoms with Crippen LogP contribution in [0.5, 0.6) is 0 Å².